The van der Waals surface area contributed by atoms with Crippen LogP contribution in [0.2, 0.25) is 0 Å². The first-order valence-electron chi connectivity index (χ1n) is 17.6. The van der Waals surface area contributed by atoms with E-state index in [1.54, 1.807) is 0 Å². The van der Waals surface area contributed by atoms with Gasteiger partial charge in [0.05, 0.1) is 19.3 Å². The van der Waals surface area contributed by atoms with Crippen LogP contribution in [0.3, 0.4) is 0 Å². The van der Waals surface area contributed by atoms with Crippen molar-refractivity contribution in [2.24, 2.45) is 17.8 Å². The molecule has 0 spiro atoms. The third kappa shape index (κ3) is 13.4. The van der Waals surface area contributed by atoms with Crippen LogP contribution in [0.4, 0.5) is 11.4 Å². The Morgan fingerprint density at radius 2 is 1.27 bits per heavy atom. The molecule has 7 atom stereocenters. The predicted molar refractivity (Wildman–Crippen MR) is 195 cm³/mol. The summed E-state index contributed by atoms with van der Waals surface area (Å²) in [5, 5.41) is 16.0. The van der Waals surface area contributed by atoms with Gasteiger partial charge in [-0.25, -0.2) is 0 Å². The second-order valence-corrected chi connectivity index (χ2v) is 12.2. The largest absolute Gasteiger partial charge is 0.493 e. The van der Waals surface area contributed by atoms with E-state index in [4.69, 9.17) is 9.47 Å². The van der Waals surface area contributed by atoms with E-state index in [2.05, 4.69) is 67.2 Å². The number of ether oxygens (including phenoxy) is 2. The molecule has 258 valence electrons. The summed E-state index contributed by atoms with van der Waals surface area (Å²) in [6.45, 7) is 26.0. The van der Waals surface area contributed by atoms with E-state index in [-0.39, 0.29) is 12.1 Å². The van der Waals surface area contributed by atoms with E-state index in [1.807, 2.05) is 85.1 Å². The van der Waals surface area contributed by atoms with E-state index < -0.39 is 0 Å². The van der Waals surface area contributed by atoms with E-state index in [0.29, 0.717) is 29.8 Å². The Morgan fingerprint density at radius 1 is 0.778 bits per heavy atom. The van der Waals surface area contributed by atoms with E-state index >= 15 is 0 Å². The monoisotopic (exact) mass is 629 g/mol. The van der Waals surface area contributed by atoms with Crippen LogP contribution in [-0.4, -0.2) is 86.1 Å². The molecule has 3 N–H and O–H groups in total. The lowest BCUT2D eigenvalue weighted by Gasteiger charge is -2.27. The molecule has 0 amide bonds. The summed E-state index contributed by atoms with van der Waals surface area (Å²) in [6.07, 6.45) is 2.19. The van der Waals surface area contributed by atoms with Crippen LogP contribution >= 0.6 is 0 Å². The number of benzene rings is 2. The number of aliphatic hydroxyl groups is 1. The van der Waals surface area contributed by atoms with Crippen molar-refractivity contribution < 1.29 is 14.6 Å². The molecule has 0 aromatic heterocycles. The molecule has 2 aromatic rings. The highest BCUT2D eigenvalue weighted by Gasteiger charge is 2.34. The van der Waals surface area contributed by atoms with Crippen molar-refractivity contribution in [3.05, 3.63) is 48.5 Å². The molecule has 45 heavy (non-hydrogen) atoms. The molecule has 0 aliphatic carbocycles. The lowest BCUT2D eigenvalue weighted by molar-refractivity contribution is 0.0809. The van der Waals surface area contributed by atoms with Crippen molar-refractivity contribution >= 4 is 11.4 Å². The molecule has 0 saturated carbocycles. The molecule has 2 aromatic carbocycles. The summed E-state index contributed by atoms with van der Waals surface area (Å²) in [4.78, 5) is 4.99. The molecule has 2 fully saturated rings. The number of rotatable bonds is 12. The standard InChI is InChI=1S/C17H28N2O2.C17H28N2O.2C2H6/c1-12-9-19(13(2)14(3)20)10-15(12)11-21-17-7-5-16(18-4)6-8-17;1-5-13(2)19-11-15(10-14(19)3)12-20-17-8-6-16(18-4)7-9-17;2*1-2/h5-8,12-15,18,20H,9-11H2,1-4H3;6-9,13-15,18H,5,10-12H2,1-4H3;2*1-2H3. The lowest BCUT2D eigenvalue weighted by Crippen LogP contribution is -2.39. The summed E-state index contributed by atoms with van der Waals surface area (Å²) in [6, 6.07) is 17.8. The smallest absolute Gasteiger partial charge is 0.119 e. The van der Waals surface area contributed by atoms with Gasteiger partial charge in [0.2, 0.25) is 0 Å². The fourth-order valence-corrected chi connectivity index (χ4v) is 5.92. The van der Waals surface area contributed by atoms with Crippen molar-refractivity contribution in [3.8, 4) is 11.5 Å². The number of hydrogen-bond donors (Lipinski definition) is 3. The first-order valence-corrected chi connectivity index (χ1v) is 17.6. The number of hydrogen-bond acceptors (Lipinski definition) is 7. The Morgan fingerprint density at radius 3 is 1.71 bits per heavy atom. The molecule has 2 heterocycles. The van der Waals surface area contributed by atoms with Crippen LogP contribution in [-0.2, 0) is 0 Å². The second-order valence-electron chi connectivity index (χ2n) is 12.2. The maximum Gasteiger partial charge on any atom is 0.119 e. The van der Waals surface area contributed by atoms with Gasteiger partial charge in [0, 0.05) is 75.1 Å². The van der Waals surface area contributed by atoms with Crippen LogP contribution in [0.5, 0.6) is 11.5 Å². The van der Waals surface area contributed by atoms with Crippen LogP contribution < -0.4 is 20.1 Å². The van der Waals surface area contributed by atoms with Crippen molar-refractivity contribution in [1.29, 1.82) is 0 Å². The van der Waals surface area contributed by atoms with Crippen molar-refractivity contribution in [2.45, 2.75) is 106 Å². The Kier molecular flexibility index (Phi) is 19.9. The van der Waals surface area contributed by atoms with E-state index in [0.717, 1.165) is 49.2 Å². The lowest BCUT2D eigenvalue weighted by atomic mass is 9.99. The molecule has 7 unspecified atom stereocenters. The molecule has 2 saturated heterocycles. The highest BCUT2D eigenvalue weighted by Crippen LogP contribution is 2.28. The van der Waals surface area contributed by atoms with Crippen LogP contribution in [0.15, 0.2) is 48.5 Å². The van der Waals surface area contributed by atoms with Crippen LogP contribution in [0, 0.1) is 17.8 Å². The molecule has 0 bridgehead atoms. The Bertz CT molecular complexity index is 1000. The summed E-state index contributed by atoms with van der Waals surface area (Å²) in [7, 11) is 3.84. The maximum atomic E-state index is 9.73. The molecule has 2 aliphatic rings. The highest BCUT2D eigenvalue weighted by molar-refractivity contribution is 5.46. The molecule has 0 radical (unpaired) electrons. The van der Waals surface area contributed by atoms with E-state index in [1.165, 1.54) is 19.4 Å². The van der Waals surface area contributed by atoms with Gasteiger partial charge in [-0.2, -0.15) is 0 Å². The van der Waals surface area contributed by atoms with Gasteiger partial charge in [0.15, 0.2) is 0 Å². The Labute approximate surface area is 277 Å². The zero-order valence-corrected chi connectivity index (χ0v) is 30.8. The van der Waals surface area contributed by atoms with Gasteiger partial charge in [-0.05, 0) is 95.0 Å². The van der Waals surface area contributed by atoms with Gasteiger partial charge in [0.1, 0.15) is 11.5 Å². The fraction of sp³-hybridized carbons (Fsp3) is 0.684. The summed E-state index contributed by atoms with van der Waals surface area (Å²) in [5.41, 5.74) is 2.21. The molecular weight excluding hydrogens is 560 g/mol. The number of nitrogens with one attached hydrogen (secondary N) is 2. The Balaban J connectivity index is 0.000000406. The molecule has 7 nitrogen and oxygen atoms in total. The summed E-state index contributed by atoms with van der Waals surface area (Å²) in [5.74, 6) is 3.67. The predicted octanol–water partition coefficient (Wildman–Crippen LogP) is 8.11. The fourth-order valence-electron chi connectivity index (χ4n) is 5.92. The number of anilines is 2. The van der Waals surface area contributed by atoms with Crippen LogP contribution in [0.25, 0.3) is 0 Å². The van der Waals surface area contributed by atoms with Crippen LogP contribution in [0.1, 0.15) is 82.1 Å². The van der Waals surface area contributed by atoms with Gasteiger partial charge in [-0.1, -0.05) is 41.5 Å². The zero-order chi connectivity index (χ0) is 33.9. The van der Waals surface area contributed by atoms with Gasteiger partial charge >= 0.3 is 0 Å². The minimum Gasteiger partial charge on any atom is -0.493 e. The van der Waals surface area contributed by atoms with Crippen molar-refractivity contribution in [1.82, 2.24) is 9.80 Å². The first kappa shape index (κ1) is 40.5. The van der Waals surface area contributed by atoms with Gasteiger partial charge in [-0.15, -0.1) is 0 Å². The van der Waals surface area contributed by atoms with Gasteiger partial charge in [-0.3, -0.25) is 9.80 Å². The SMILES string of the molecule is CC.CC.CCC(C)N1CC(COc2ccc(NC)cc2)CC1C.CNc1ccc(OCC2CN(C(C)C(C)O)CC2C)cc1. The minimum atomic E-state index is -0.286. The number of aliphatic hydroxyl groups excluding tert-OH is 1. The topological polar surface area (TPSA) is 69.2 Å². The second kappa shape index (κ2) is 22.1. The quantitative estimate of drug-likeness (QED) is 0.219. The van der Waals surface area contributed by atoms with Gasteiger partial charge in [0.25, 0.3) is 0 Å². The number of nitrogens with zero attached hydrogens (tertiary/aromatic N) is 2. The van der Waals surface area contributed by atoms with E-state index in [9.17, 15) is 5.11 Å². The Hall–Kier alpha value is -2.48. The third-order valence-corrected chi connectivity index (χ3v) is 9.17. The highest BCUT2D eigenvalue weighted by atomic mass is 16.5. The maximum absolute atomic E-state index is 9.73. The molecule has 7 heteroatoms. The average Bonchev–Trinajstić information content (AvgIpc) is 3.65. The normalized spacial score (nSPS) is 23.1. The first-order chi connectivity index (χ1) is 21.6. The molecule has 2 aliphatic heterocycles. The third-order valence-electron chi connectivity index (χ3n) is 9.17. The minimum absolute atomic E-state index is 0.215. The van der Waals surface area contributed by atoms with Crippen molar-refractivity contribution in [3.63, 3.8) is 0 Å². The average molecular weight is 629 g/mol. The molecular formula is C38H68N4O3. The number of likely N-dealkylation sites (tertiary alicyclic amines) is 2. The summed E-state index contributed by atoms with van der Waals surface area (Å²) >= 11 is 0. The zero-order valence-electron chi connectivity index (χ0n) is 30.8. The summed E-state index contributed by atoms with van der Waals surface area (Å²) < 4.78 is 11.9. The molecule has 4 rings (SSSR count). The van der Waals surface area contributed by atoms with Crippen molar-refractivity contribution in [2.75, 3.05) is 57.6 Å². The van der Waals surface area contributed by atoms with Gasteiger partial charge < -0.3 is 25.2 Å².